The zero-order chi connectivity index (χ0) is 17.7. The summed E-state index contributed by atoms with van der Waals surface area (Å²) in [5, 5.41) is 0. The molecule has 1 aromatic carbocycles. The third kappa shape index (κ3) is 4.34. The predicted molar refractivity (Wildman–Crippen MR) is 94.4 cm³/mol. The van der Waals surface area contributed by atoms with Crippen LogP contribution in [0.4, 0.5) is 0 Å². The van der Waals surface area contributed by atoms with Crippen LogP contribution >= 0.6 is 0 Å². The second-order valence-electron chi connectivity index (χ2n) is 6.30. The number of piperidine rings is 1. The van der Waals surface area contributed by atoms with Gasteiger partial charge in [-0.3, -0.25) is 4.79 Å². The second-order valence-corrected chi connectivity index (χ2v) is 8.44. The van der Waals surface area contributed by atoms with E-state index in [1.807, 2.05) is 42.2 Å². The third-order valence-electron chi connectivity index (χ3n) is 4.50. The molecule has 1 amide bonds. The highest BCUT2D eigenvalue weighted by atomic mass is 32.2. The van der Waals surface area contributed by atoms with Crippen LogP contribution in [0.15, 0.2) is 30.3 Å². The molecule has 1 fully saturated rings. The highest BCUT2D eigenvalue weighted by Gasteiger charge is 2.33. The van der Waals surface area contributed by atoms with Crippen molar-refractivity contribution in [1.29, 1.82) is 0 Å². The second kappa shape index (κ2) is 8.09. The predicted octanol–water partition coefficient (Wildman–Crippen LogP) is 1.55. The van der Waals surface area contributed by atoms with Crippen molar-refractivity contribution in [1.82, 2.24) is 13.5 Å². The molecular formula is C17H27N3O3S. The van der Waals surface area contributed by atoms with Crippen LogP contribution in [0.1, 0.15) is 25.3 Å². The van der Waals surface area contributed by atoms with Crippen LogP contribution < -0.4 is 0 Å². The van der Waals surface area contributed by atoms with Gasteiger partial charge in [-0.15, -0.1) is 0 Å². The number of carbonyl (C=O) groups is 1. The molecule has 0 unspecified atom stereocenters. The molecule has 0 radical (unpaired) electrons. The van der Waals surface area contributed by atoms with Crippen LogP contribution in [0.5, 0.6) is 0 Å². The molecule has 6 nitrogen and oxygen atoms in total. The average Bonchev–Trinajstić information content (AvgIpc) is 2.60. The first-order chi connectivity index (χ1) is 11.4. The minimum atomic E-state index is -3.38. The smallest absolute Gasteiger partial charge is 0.281 e. The Hall–Kier alpha value is -1.44. The Bertz CT molecular complexity index is 638. The van der Waals surface area contributed by atoms with E-state index in [1.165, 1.54) is 22.7 Å². The monoisotopic (exact) mass is 353 g/mol. The summed E-state index contributed by atoms with van der Waals surface area (Å²) in [6.07, 6.45) is 1.16. The number of benzene rings is 1. The van der Waals surface area contributed by atoms with Gasteiger partial charge in [0.05, 0.1) is 0 Å². The number of rotatable bonds is 6. The quantitative estimate of drug-likeness (QED) is 0.780. The standard InChI is InChI=1S/C17H27N3O3S/c1-4-19(14-15-8-6-5-7-9-15)17(21)16-10-12-20(13-11-16)24(22,23)18(2)3/h5-9,16H,4,10-14H2,1-3H3. The molecule has 24 heavy (non-hydrogen) atoms. The fourth-order valence-electron chi connectivity index (χ4n) is 2.97. The molecule has 1 heterocycles. The fourth-order valence-corrected chi connectivity index (χ4v) is 4.11. The van der Waals surface area contributed by atoms with Crippen LogP contribution in [0.25, 0.3) is 0 Å². The summed E-state index contributed by atoms with van der Waals surface area (Å²) in [6.45, 7) is 4.04. The van der Waals surface area contributed by atoms with Gasteiger partial charge in [0.15, 0.2) is 0 Å². The summed E-state index contributed by atoms with van der Waals surface area (Å²) in [5.74, 6) is 0.0329. The van der Waals surface area contributed by atoms with Gasteiger partial charge in [-0.05, 0) is 25.3 Å². The summed E-state index contributed by atoms with van der Waals surface area (Å²) < 4.78 is 27.0. The normalized spacial score (nSPS) is 17.2. The van der Waals surface area contributed by atoms with E-state index in [2.05, 4.69) is 0 Å². The van der Waals surface area contributed by atoms with Crippen molar-refractivity contribution >= 4 is 16.1 Å². The average molecular weight is 353 g/mol. The zero-order valence-electron chi connectivity index (χ0n) is 14.7. The van der Waals surface area contributed by atoms with E-state index >= 15 is 0 Å². The SMILES string of the molecule is CCN(Cc1ccccc1)C(=O)C1CCN(S(=O)(=O)N(C)C)CC1. The van der Waals surface area contributed by atoms with Gasteiger partial charge < -0.3 is 4.90 Å². The molecule has 0 aromatic heterocycles. The van der Waals surface area contributed by atoms with Gasteiger partial charge in [0.2, 0.25) is 5.91 Å². The van der Waals surface area contributed by atoms with E-state index in [1.54, 1.807) is 0 Å². The molecule has 2 rings (SSSR count). The first-order valence-electron chi connectivity index (χ1n) is 8.36. The molecule has 0 aliphatic carbocycles. The van der Waals surface area contributed by atoms with Crippen LogP contribution in [-0.4, -0.2) is 61.6 Å². The van der Waals surface area contributed by atoms with E-state index in [0.717, 1.165) is 5.56 Å². The van der Waals surface area contributed by atoms with Crippen molar-refractivity contribution in [3.8, 4) is 0 Å². The number of carbonyl (C=O) groups excluding carboxylic acids is 1. The Morgan fingerprint density at radius 1 is 1.17 bits per heavy atom. The van der Waals surface area contributed by atoms with Crippen molar-refractivity contribution in [3.63, 3.8) is 0 Å². The maximum absolute atomic E-state index is 12.8. The van der Waals surface area contributed by atoms with Crippen LogP contribution in [0.2, 0.25) is 0 Å². The minimum absolute atomic E-state index is 0.0951. The molecule has 1 aromatic rings. The van der Waals surface area contributed by atoms with Gasteiger partial charge in [-0.2, -0.15) is 17.0 Å². The van der Waals surface area contributed by atoms with Gasteiger partial charge >= 0.3 is 0 Å². The van der Waals surface area contributed by atoms with Crippen LogP contribution in [0.3, 0.4) is 0 Å². The minimum Gasteiger partial charge on any atom is -0.338 e. The molecule has 0 N–H and O–H groups in total. The molecule has 1 saturated heterocycles. The van der Waals surface area contributed by atoms with Gasteiger partial charge in [0.25, 0.3) is 10.2 Å². The van der Waals surface area contributed by atoms with E-state index in [4.69, 9.17) is 0 Å². The number of nitrogens with zero attached hydrogens (tertiary/aromatic N) is 3. The maximum Gasteiger partial charge on any atom is 0.281 e. The van der Waals surface area contributed by atoms with E-state index in [0.29, 0.717) is 39.0 Å². The van der Waals surface area contributed by atoms with Crippen molar-refractivity contribution in [2.45, 2.75) is 26.3 Å². The molecule has 1 aliphatic heterocycles. The first-order valence-corrected chi connectivity index (χ1v) is 9.76. The lowest BCUT2D eigenvalue weighted by Gasteiger charge is -2.34. The summed E-state index contributed by atoms with van der Waals surface area (Å²) in [4.78, 5) is 14.6. The molecule has 0 spiro atoms. The Balaban J connectivity index is 1.96. The van der Waals surface area contributed by atoms with Crippen LogP contribution in [0, 0.1) is 5.92 Å². The van der Waals surface area contributed by atoms with Crippen LogP contribution in [-0.2, 0) is 21.5 Å². The van der Waals surface area contributed by atoms with Crippen molar-refractivity contribution in [2.75, 3.05) is 33.7 Å². The van der Waals surface area contributed by atoms with Gasteiger partial charge in [0, 0.05) is 46.2 Å². The van der Waals surface area contributed by atoms with E-state index < -0.39 is 10.2 Å². The lowest BCUT2D eigenvalue weighted by Crippen LogP contribution is -2.47. The lowest BCUT2D eigenvalue weighted by atomic mass is 9.96. The van der Waals surface area contributed by atoms with Gasteiger partial charge in [-0.25, -0.2) is 0 Å². The molecule has 0 atom stereocenters. The molecule has 0 bridgehead atoms. The van der Waals surface area contributed by atoms with Gasteiger partial charge in [-0.1, -0.05) is 30.3 Å². The Morgan fingerprint density at radius 2 is 1.75 bits per heavy atom. The fraction of sp³-hybridized carbons (Fsp3) is 0.588. The van der Waals surface area contributed by atoms with Crippen molar-refractivity contribution in [3.05, 3.63) is 35.9 Å². The summed E-state index contributed by atoms with van der Waals surface area (Å²) in [6, 6.07) is 9.93. The summed E-state index contributed by atoms with van der Waals surface area (Å²) in [7, 11) is -0.316. The summed E-state index contributed by atoms with van der Waals surface area (Å²) in [5.41, 5.74) is 1.11. The first kappa shape index (κ1) is 18.9. The van der Waals surface area contributed by atoms with E-state index in [9.17, 15) is 13.2 Å². The molecule has 0 saturated carbocycles. The van der Waals surface area contributed by atoms with Gasteiger partial charge in [0.1, 0.15) is 0 Å². The molecular weight excluding hydrogens is 326 g/mol. The van der Waals surface area contributed by atoms with E-state index in [-0.39, 0.29) is 11.8 Å². The Morgan fingerprint density at radius 3 is 2.25 bits per heavy atom. The maximum atomic E-state index is 12.8. The Kier molecular flexibility index (Phi) is 6.37. The largest absolute Gasteiger partial charge is 0.338 e. The third-order valence-corrected chi connectivity index (χ3v) is 6.44. The van der Waals surface area contributed by atoms with Crippen molar-refractivity contribution in [2.24, 2.45) is 5.92 Å². The topological polar surface area (TPSA) is 60.9 Å². The zero-order valence-corrected chi connectivity index (χ0v) is 15.5. The molecule has 1 aliphatic rings. The highest BCUT2D eigenvalue weighted by Crippen LogP contribution is 2.23. The lowest BCUT2D eigenvalue weighted by molar-refractivity contribution is -0.137. The Labute approximate surface area is 145 Å². The highest BCUT2D eigenvalue weighted by molar-refractivity contribution is 7.86. The summed E-state index contributed by atoms with van der Waals surface area (Å²) >= 11 is 0. The van der Waals surface area contributed by atoms with Crippen molar-refractivity contribution < 1.29 is 13.2 Å². The molecule has 7 heteroatoms. The number of hydrogen-bond acceptors (Lipinski definition) is 3. The molecule has 134 valence electrons. The number of hydrogen-bond donors (Lipinski definition) is 0. The number of amides is 1.